The highest BCUT2D eigenvalue weighted by Crippen LogP contribution is 2.38. The lowest BCUT2D eigenvalue weighted by atomic mass is 9.87. The van der Waals surface area contributed by atoms with E-state index in [2.05, 4.69) is 29.0 Å². The van der Waals surface area contributed by atoms with Gasteiger partial charge in [0.2, 0.25) is 0 Å². The fraction of sp³-hybridized carbons (Fsp3) is 0.789. The highest BCUT2D eigenvalue weighted by molar-refractivity contribution is 7.11. The SMILES string of the molecule is CN(Cc1ccc(CN2CCCCC2)s1)CC1(CO)CCCC1. The number of piperidine rings is 1. The third kappa shape index (κ3) is 4.79. The molecule has 23 heavy (non-hydrogen) atoms. The molecule has 1 aromatic heterocycles. The van der Waals surface area contributed by atoms with E-state index in [-0.39, 0.29) is 5.41 Å². The van der Waals surface area contributed by atoms with E-state index in [1.54, 1.807) is 0 Å². The van der Waals surface area contributed by atoms with E-state index in [0.29, 0.717) is 6.61 Å². The highest BCUT2D eigenvalue weighted by atomic mass is 32.1. The number of hydrogen-bond acceptors (Lipinski definition) is 4. The summed E-state index contributed by atoms with van der Waals surface area (Å²) in [6.45, 7) is 6.07. The molecule has 4 heteroatoms. The maximum atomic E-state index is 9.79. The maximum Gasteiger partial charge on any atom is 0.0499 e. The predicted octanol–water partition coefficient (Wildman–Crippen LogP) is 3.72. The molecule has 0 radical (unpaired) electrons. The minimum atomic E-state index is 0.169. The molecule has 1 saturated heterocycles. The minimum Gasteiger partial charge on any atom is -0.396 e. The van der Waals surface area contributed by atoms with Crippen molar-refractivity contribution in [1.29, 1.82) is 0 Å². The Hall–Kier alpha value is -0.420. The van der Waals surface area contributed by atoms with Gasteiger partial charge in [0, 0.05) is 41.4 Å². The Morgan fingerprint density at radius 2 is 1.78 bits per heavy atom. The van der Waals surface area contributed by atoms with Crippen LogP contribution in [-0.2, 0) is 13.1 Å². The van der Waals surface area contributed by atoms with Crippen LogP contribution in [0.3, 0.4) is 0 Å². The first-order valence-electron chi connectivity index (χ1n) is 9.28. The van der Waals surface area contributed by atoms with Crippen LogP contribution in [0.25, 0.3) is 0 Å². The standard InChI is InChI=1S/C19H32N2OS/c1-20(15-19(16-22)9-3-4-10-19)13-17-7-8-18(23-17)14-21-11-5-2-6-12-21/h7-8,22H,2-6,9-16H2,1H3. The lowest BCUT2D eigenvalue weighted by Gasteiger charge is -2.31. The number of hydrogen-bond donors (Lipinski definition) is 1. The second-order valence-electron chi connectivity index (χ2n) is 7.74. The summed E-state index contributed by atoms with van der Waals surface area (Å²) in [5.74, 6) is 0. The zero-order chi connectivity index (χ0) is 16.1. The van der Waals surface area contributed by atoms with Gasteiger partial charge in [-0.3, -0.25) is 4.90 Å². The summed E-state index contributed by atoms with van der Waals surface area (Å²) < 4.78 is 0. The van der Waals surface area contributed by atoms with Crippen LogP contribution in [0.1, 0.15) is 54.7 Å². The van der Waals surface area contributed by atoms with E-state index < -0.39 is 0 Å². The molecule has 0 amide bonds. The summed E-state index contributed by atoms with van der Waals surface area (Å²) in [6.07, 6.45) is 9.09. The smallest absolute Gasteiger partial charge is 0.0499 e. The zero-order valence-corrected chi connectivity index (χ0v) is 15.4. The van der Waals surface area contributed by atoms with Crippen LogP contribution >= 0.6 is 11.3 Å². The van der Waals surface area contributed by atoms with Crippen LogP contribution < -0.4 is 0 Å². The molecule has 3 rings (SSSR count). The molecule has 1 saturated carbocycles. The number of rotatable bonds is 7. The van der Waals surface area contributed by atoms with Crippen molar-refractivity contribution in [3.8, 4) is 0 Å². The lowest BCUT2D eigenvalue weighted by molar-refractivity contribution is 0.0867. The largest absolute Gasteiger partial charge is 0.396 e. The van der Waals surface area contributed by atoms with Gasteiger partial charge in [0.1, 0.15) is 0 Å². The van der Waals surface area contributed by atoms with E-state index in [9.17, 15) is 5.11 Å². The van der Waals surface area contributed by atoms with E-state index in [0.717, 1.165) is 19.6 Å². The molecule has 0 unspecified atom stereocenters. The molecular formula is C19H32N2OS. The molecule has 1 aliphatic heterocycles. The molecule has 1 aromatic rings. The van der Waals surface area contributed by atoms with Crippen LogP contribution in [0.5, 0.6) is 0 Å². The van der Waals surface area contributed by atoms with E-state index >= 15 is 0 Å². The van der Waals surface area contributed by atoms with Gasteiger partial charge in [-0.15, -0.1) is 11.3 Å². The first kappa shape index (κ1) is 17.4. The number of likely N-dealkylation sites (tertiary alicyclic amines) is 1. The van der Waals surface area contributed by atoms with Crippen molar-refractivity contribution < 1.29 is 5.11 Å². The number of aliphatic hydroxyl groups is 1. The second-order valence-corrected chi connectivity index (χ2v) is 9.00. The van der Waals surface area contributed by atoms with Crippen molar-refractivity contribution in [3.63, 3.8) is 0 Å². The third-order valence-corrected chi connectivity index (χ3v) is 6.63. The molecule has 1 aliphatic carbocycles. The fourth-order valence-corrected chi connectivity index (χ4v) is 5.46. The van der Waals surface area contributed by atoms with Crippen LogP contribution in [0, 0.1) is 5.41 Å². The molecule has 2 aliphatic rings. The third-order valence-electron chi connectivity index (χ3n) is 5.58. The van der Waals surface area contributed by atoms with Crippen LogP contribution in [0.2, 0.25) is 0 Å². The van der Waals surface area contributed by atoms with Crippen LogP contribution in [-0.4, -0.2) is 48.2 Å². The molecule has 1 N–H and O–H groups in total. The lowest BCUT2D eigenvalue weighted by Crippen LogP contribution is -2.36. The zero-order valence-electron chi connectivity index (χ0n) is 14.6. The molecule has 3 nitrogen and oxygen atoms in total. The average Bonchev–Trinajstić information content (AvgIpc) is 3.18. The molecular weight excluding hydrogens is 304 g/mol. The predicted molar refractivity (Wildman–Crippen MR) is 97.8 cm³/mol. The summed E-state index contributed by atoms with van der Waals surface area (Å²) in [6, 6.07) is 4.63. The Bertz CT molecular complexity index is 475. The minimum absolute atomic E-state index is 0.169. The molecule has 2 fully saturated rings. The summed E-state index contributed by atoms with van der Waals surface area (Å²) in [7, 11) is 2.21. The topological polar surface area (TPSA) is 26.7 Å². The molecule has 0 spiro atoms. The molecule has 0 atom stereocenters. The van der Waals surface area contributed by atoms with Crippen LogP contribution in [0.15, 0.2) is 12.1 Å². The summed E-state index contributed by atoms with van der Waals surface area (Å²) >= 11 is 1.97. The van der Waals surface area contributed by atoms with Crippen molar-refractivity contribution in [2.24, 2.45) is 5.41 Å². The van der Waals surface area contributed by atoms with Crippen molar-refractivity contribution in [3.05, 3.63) is 21.9 Å². The van der Waals surface area contributed by atoms with E-state index in [4.69, 9.17) is 0 Å². The van der Waals surface area contributed by atoms with Gasteiger partial charge in [0.15, 0.2) is 0 Å². The maximum absolute atomic E-state index is 9.79. The Morgan fingerprint density at radius 3 is 2.48 bits per heavy atom. The first-order chi connectivity index (χ1) is 11.2. The average molecular weight is 337 g/mol. The highest BCUT2D eigenvalue weighted by Gasteiger charge is 2.34. The fourth-order valence-electron chi connectivity index (χ4n) is 4.32. The summed E-state index contributed by atoms with van der Waals surface area (Å²) in [5, 5.41) is 9.79. The van der Waals surface area contributed by atoms with E-state index in [1.807, 2.05) is 11.3 Å². The Labute approximate surface area is 145 Å². The Kier molecular flexibility index (Phi) is 6.13. The van der Waals surface area contributed by atoms with Gasteiger partial charge in [0.25, 0.3) is 0 Å². The van der Waals surface area contributed by atoms with Gasteiger partial charge in [-0.1, -0.05) is 19.3 Å². The van der Waals surface area contributed by atoms with Crippen LogP contribution in [0.4, 0.5) is 0 Å². The van der Waals surface area contributed by atoms with Gasteiger partial charge < -0.3 is 10.0 Å². The number of thiophene rings is 1. The molecule has 0 aromatic carbocycles. The second kappa shape index (κ2) is 8.11. The molecule has 130 valence electrons. The molecule has 0 bridgehead atoms. The van der Waals surface area contributed by atoms with E-state index in [1.165, 1.54) is 67.8 Å². The van der Waals surface area contributed by atoms with Crippen molar-refractivity contribution in [2.45, 2.75) is 58.0 Å². The van der Waals surface area contributed by atoms with Gasteiger partial charge >= 0.3 is 0 Å². The quantitative estimate of drug-likeness (QED) is 0.822. The van der Waals surface area contributed by atoms with Gasteiger partial charge in [-0.2, -0.15) is 0 Å². The Morgan fingerprint density at radius 1 is 1.09 bits per heavy atom. The number of nitrogens with zero attached hydrogens (tertiary/aromatic N) is 2. The van der Waals surface area contributed by atoms with Crippen molar-refractivity contribution in [2.75, 3.05) is 33.3 Å². The van der Waals surface area contributed by atoms with Gasteiger partial charge in [-0.05, 0) is 58.0 Å². The van der Waals surface area contributed by atoms with Gasteiger partial charge in [-0.25, -0.2) is 0 Å². The number of aliphatic hydroxyl groups excluding tert-OH is 1. The summed E-state index contributed by atoms with van der Waals surface area (Å²) in [4.78, 5) is 7.99. The van der Waals surface area contributed by atoms with Crippen molar-refractivity contribution >= 4 is 11.3 Å². The monoisotopic (exact) mass is 336 g/mol. The molecule has 2 heterocycles. The van der Waals surface area contributed by atoms with Gasteiger partial charge in [0.05, 0.1) is 0 Å². The summed E-state index contributed by atoms with van der Waals surface area (Å²) in [5.41, 5.74) is 0.169. The van der Waals surface area contributed by atoms with Crippen molar-refractivity contribution in [1.82, 2.24) is 9.80 Å². The normalized spacial score (nSPS) is 22.0. The first-order valence-corrected chi connectivity index (χ1v) is 10.1. The Balaban J connectivity index is 1.49.